The number of nitrogens with zero attached hydrogens (tertiary/aromatic N) is 2. The molecule has 0 bridgehead atoms. The number of carbonyl (C=O) groups is 1. The second-order valence-corrected chi connectivity index (χ2v) is 12.1. The lowest BCUT2D eigenvalue weighted by Crippen LogP contribution is -2.42. The third-order valence-electron chi connectivity index (χ3n) is 6.37. The molecule has 1 fully saturated rings. The third kappa shape index (κ3) is 6.88. The van der Waals surface area contributed by atoms with Crippen LogP contribution in [0.25, 0.3) is 11.0 Å². The lowest BCUT2D eigenvalue weighted by Gasteiger charge is -2.25. The predicted molar refractivity (Wildman–Crippen MR) is 148 cm³/mol. The molecule has 43 heavy (non-hydrogen) atoms. The summed E-state index contributed by atoms with van der Waals surface area (Å²) >= 11 is 0. The maximum Gasteiger partial charge on any atom is 0.380 e. The Morgan fingerprint density at radius 3 is 2.67 bits per heavy atom. The van der Waals surface area contributed by atoms with E-state index >= 15 is 4.39 Å². The van der Waals surface area contributed by atoms with Crippen LogP contribution in [-0.4, -0.2) is 69.0 Å². The molecule has 0 amide bonds. The monoisotopic (exact) mass is 626 g/mol. The van der Waals surface area contributed by atoms with Crippen LogP contribution >= 0.6 is 7.60 Å². The van der Waals surface area contributed by atoms with E-state index in [1.807, 2.05) is 11.8 Å². The van der Waals surface area contributed by atoms with E-state index < -0.39 is 97.5 Å². The van der Waals surface area contributed by atoms with Crippen molar-refractivity contribution in [2.24, 2.45) is 5.92 Å². The quantitative estimate of drug-likeness (QED) is 0.173. The van der Waals surface area contributed by atoms with Gasteiger partial charge in [0.25, 0.3) is 5.56 Å². The van der Waals surface area contributed by atoms with E-state index in [9.17, 15) is 28.0 Å². The number of rotatable bonds is 10. The summed E-state index contributed by atoms with van der Waals surface area (Å²) in [6.45, 7) is 2.69. The number of nitrogen functional groups attached to an aromatic ring is 1. The molecule has 6 atom stereocenters. The van der Waals surface area contributed by atoms with E-state index in [-0.39, 0.29) is 5.75 Å². The van der Waals surface area contributed by atoms with Crippen molar-refractivity contribution in [3.8, 4) is 17.6 Å². The Balaban J connectivity index is 1.66. The average molecular weight is 627 g/mol. The minimum absolute atomic E-state index is 0.137. The maximum atomic E-state index is 16.4. The molecule has 0 spiro atoms. The number of nitrogens with one attached hydrogen (secondary N) is 1. The number of benzene rings is 1. The second kappa shape index (κ2) is 12.8. The van der Waals surface area contributed by atoms with Gasteiger partial charge in [0, 0.05) is 6.20 Å². The Hall–Kier alpha value is -3.83. The number of hydrogen-bond acceptors (Lipinski definition) is 10. The fourth-order valence-electron chi connectivity index (χ4n) is 4.47. The first-order chi connectivity index (χ1) is 20.3. The molecule has 16 heteroatoms. The van der Waals surface area contributed by atoms with Gasteiger partial charge in [-0.15, -0.1) is 0 Å². The fourth-order valence-corrected chi connectivity index (χ4v) is 6.34. The van der Waals surface area contributed by atoms with E-state index in [0.717, 1.165) is 4.57 Å². The van der Waals surface area contributed by atoms with E-state index in [0.29, 0.717) is 6.20 Å². The molecular weight excluding hydrogens is 596 g/mol. The number of aliphatic hydroxyl groups is 1. The van der Waals surface area contributed by atoms with Gasteiger partial charge in [-0.3, -0.25) is 23.7 Å². The number of alkyl halides is 2. The number of anilines is 1. The molecule has 4 rings (SSSR count). The molecule has 1 aromatic carbocycles. The van der Waals surface area contributed by atoms with Gasteiger partial charge in [-0.1, -0.05) is 37.0 Å². The van der Waals surface area contributed by atoms with E-state index in [1.165, 1.54) is 19.1 Å². The summed E-state index contributed by atoms with van der Waals surface area (Å²) in [5.41, 5.74) is 1.11. The van der Waals surface area contributed by atoms with Gasteiger partial charge in [-0.2, -0.15) is 4.98 Å². The van der Waals surface area contributed by atoms with Crippen molar-refractivity contribution >= 4 is 30.5 Å². The summed E-state index contributed by atoms with van der Waals surface area (Å²) < 4.78 is 80.9. The summed E-state index contributed by atoms with van der Waals surface area (Å²) in [5, 5.41) is 10.4. The van der Waals surface area contributed by atoms with Crippen LogP contribution in [0.4, 0.5) is 19.1 Å². The number of fused-ring (bicyclic) bond motifs is 1. The molecule has 232 valence electrons. The van der Waals surface area contributed by atoms with Crippen LogP contribution in [0.1, 0.15) is 27.0 Å². The Morgan fingerprint density at radius 2 is 2.02 bits per heavy atom. The molecular formula is C27H30F3N4O8P. The first kappa shape index (κ1) is 32.1. The first-order valence-electron chi connectivity index (χ1n) is 13.1. The zero-order chi connectivity index (χ0) is 31.5. The Bertz CT molecular complexity index is 1640. The van der Waals surface area contributed by atoms with Crippen molar-refractivity contribution < 1.29 is 46.2 Å². The number of aliphatic hydroxyl groups excluding tert-OH is 1. The fraction of sp³-hybridized carbons (Fsp3) is 0.444. The van der Waals surface area contributed by atoms with Crippen LogP contribution in [0, 0.1) is 23.6 Å². The number of para-hydroxylation sites is 1. The molecule has 1 aliphatic heterocycles. The molecule has 3 aromatic rings. The number of aromatic amines is 1. The third-order valence-corrected chi connectivity index (χ3v) is 8.40. The highest BCUT2D eigenvalue weighted by Crippen LogP contribution is 2.51. The number of halogens is 3. The Labute approximate surface area is 243 Å². The van der Waals surface area contributed by atoms with Crippen molar-refractivity contribution in [1.29, 1.82) is 0 Å². The molecule has 1 unspecified atom stereocenters. The van der Waals surface area contributed by atoms with Gasteiger partial charge >= 0.3 is 13.6 Å². The molecule has 12 nitrogen and oxygen atoms in total. The second-order valence-electron chi connectivity index (χ2n) is 10.1. The molecule has 4 N–H and O–H groups in total. The SMILES string of the molecule is CC(C)OC(=O)[C@H](C)C[P@](=O)(OC[C@H]1O[C@@H](n2cc(F)c3c(=O)[nH]c(N)nc32)C(F)(C#CCF)[C@H]1O)Oc1ccccc1. The number of H-pyrrole nitrogens is 1. The highest BCUT2D eigenvalue weighted by molar-refractivity contribution is 7.54. The number of carbonyl (C=O) groups excluding carboxylic acids is 1. The molecule has 1 saturated heterocycles. The van der Waals surface area contributed by atoms with Crippen molar-refractivity contribution in [2.45, 2.75) is 51.0 Å². The molecule has 1 aliphatic rings. The average Bonchev–Trinajstić information content (AvgIpc) is 3.39. The standard InChI is InChI=1S/C27H30F3N4O8P/c1-15(2)40-24(37)16(3)14-43(38,42-17-8-5-4-6-9-17)39-13-19-21(35)27(30,10-7-11-28)25(41-19)34-12-18(29)20-22(34)32-26(31)33-23(20)36/h4-6,8-9,12,15-16,19,21,25,35H,11,13-14H2,1-3H3,(H3,31,32,33,36)/t16-,19-,21+,25-,27?,43+/m1/s1. The number of hydrogen-bond donors (Lipinski definition) is 3. The first-order valence-corrected chi connectivity index (χ1v) is 14.8. The predicted octanol–water partition coefficient (Wildman–Crippen LogP) is 3.26. The van der Waals surface area contributed by atoms with E-state index in [4.69, 9.17) is 24.3 Å². The normalized spacial score (nSPS) is 23.9. The van der Waals surface area contributed by atoms with E-state index in [1.54, 1.807) is 32.0 Å². The van der Waals surface area contributed by atoms with Crippen molar-refractivity contribution in [2.75, 3.05) is 25.2 Å². The highest BCUT2D eigenvalue weighted by Gasteiger charge is 2.58. The number of ether oxygens (including phenoxy) is 2. The number of aromatic nitrogens is 3. The van der Waals surface area contributed by atoms with Crippen LogP contribution in [0.5, 0.6) is 5.75 Å². The minimum atomic E-state index is -4.23. The van der Waals surface area contributed by atoms with Crippen LogP contribution in [0.2, 0.25) is 0 Å². The summed E-state index contributed by atoms with van der Waals surface area (Å²) in [4.78, 5) is 30.7. The van der Waals surface area contributed by atoms with Gasteiger partial charge in [0.1, 0.15) is 30.0 Å². The zero-order valence-electron chi connectivity index (χ0n) is 23.3. The van der Waals surface area contributed by atoms with Crippen LogP contribution in [0.3, 0.4) is 0 Å². The molecule has 0 aliphatic carbocycles. The van der Waals surface area contributed by atoms with Crippen LogP contribution < -0.4 is 15.8 Å². The van der Waals surface area contributed by atoms with Gasteiger partial charge in [-0.25, -0.2) is 17.7 Å². The smallest absolute Gasteiger partial charge is 0.380 e. The van der Waals surface area contributed by atoms with Gasteiger partial charge in [-0.05, 0) is 26.0 Å². The Morgan fingerprint density at radius 1 is 1.33 bits per heavy atom. The van der Waals surface area contributed by atoms with Gasteiger partial charge in [0.2, 0.25) is 11.6 Å². The highest BCUT2D eigenvalue weighted by atomic mass is 31.2. The molecule has 0 radical (unpaired) electrons. The van der Waals surface area contributed by atoms with Gasteiger partial charge < -0.3 is 24.8 Å². The lowest BCUT2D eigenvalue weighted by atomic mass is 9.96. The summed E-state index contributed by atoms with van der Waals surface area (Å²) in [6, 6.07) is 7.90. The van der Waals surface area contributed by atoms with Gasteiger partial charge in [0.15, 0.2) is 17.7 Å². The summed E-state index contributed by atoms with van der Waals surface area (Å²) in [7, 11) is -4.23. The topological polar surface area (TPSA) is 168 Å². The number of nitrogens with two attached hydrogens (primary N) is 1. The largest absolute Gasteiger partial charge is 0.463 e. The molecule has 2 aromatic heterocycles. The van der Waals surface area contributed by atoms with E-state index in [2.05, 4.69) is 9.97 Å². The minimum Gasteiger partial charge on any atom is -0.463 e. The number of esters is 1. The van der Waals surface area contributed by atoms with Crippen molar-refractivity contribution in [3.05, 3.63) is 52.7 Å². The zero-order valence-corrected chi connectivity index (χ0v) is 24.2. The van der Waals surface area contributed by atoms with Crippen molar-refractivity contribution in [1.82, 2.24) is 14.5 Å². The summed E-state index contributed by atoms with van der Waals surface area (Å²) in [6.07, 6.45) is -5.97. The molecule has 3 heterocycles. The Kier molecular flexibility index (Phi) is 9.56. The maximum absolute atomic E-state index is 16.4. The molecule has 0 saturated carbocycles. The van der Waals surface area contributed by atoms with Gasteiger partial charge in [0.05, 0.1) is 24.8 Å². The lowest BCUT2D eigenvalue weighted by molar-refractivity contribution is -0.151. The van der Waals surface area contributed by atoms with Crippen LogP contribution in [0.15, 0.2) is 41.3 Å². The van der Waals surface area contributed by atoms with Crippen LogP contribution in [-0.2, 0) is 23.4 Å². The summed E-state index contributed by atoms with van der Waals surface area (Å²) in [5.74, 6) is 0.851. The van der Waals surface area contributed by atoms with Crippen molar-refractivity contribution in [3.63, 3.8) is 0 Å².